The number of nitrogens with one attached hydrogen (secondary N) is 1. The maximum Gasteiger partial charge on any atom is 0.341 e. The minimum atomic E-state index is -1.10. The van der Waals surface area contributed by atoms with E-state index < -0.39 is 18.1 Å². The number of pyridine rings is 1. The average molecular weight is 486 g/mol. The number of aromatic amines is 1. The molecule has 4 N–H and O–H groups in total. The summed E-state index contributed by atoms with van der Waals surface area (Å²) < 4.78 is 18.3. The van der Waals surface area contributed by atoms with Gasteiger partial charge in [0.05, 0.1) is 18.3 Å². The van der Waals surface area contributed by atoms with Gasteiger partial charge in [0.15, 0.2) is 18.1 Å². The number of hydrogen-bond acceptors (Lipinski definition) is 7. The monoisotopic (exact) mass is 486 g/mol. The molecule has 0 saturated heterocycles. The molecule has 0 spiro atoms. The van der Waals surface area contributed by atoms with E-state index in [4.69, 9.17) is 25.1 Å². The summed E-state index contributed by atoms with van der Waals surface area (Å²) in [5.74, 6) is 1.03. The Bertz CT molecular complexity index is 1670. The van der Waals surface area contributed by atoms with E-state index in [-0.39, 0.29) is 11.2 Å². The van der Waals surface area contributed by atoms with E-state index >= 15 is 0 Å². The lowest BCUT2D eigenvalue weighted by Gasteiger charge is -2.15. The number of benzene rings is 3. The predicted octanol–water partition coefficient (Wildman–Crippen LogP) is 4.02. The highest BCUT2D eigenvalue weighted by Crippen LogP contribution is 2.37. The number of methoxy groups -OCH3 is 1. The number of aryl methyl sites for hydroxylation is 1. The van der Waals surface area contributed by atoms with Gasteiger partial charge in [-0.1, -0.05) is 18.2 Å². The van der Waals surface area contributed by atoms with Gasteiger partial charge in [0.2, 0.25) is 0 Å². The number of H-pyrrole nitrogens is 1. The van der Waals surface area contributed by atoms with E-state index in [0.717, 1.165) is 5.56 Å². The first kappa shape index (κ1) is 22.8. The van der Waals surface area contributed by atoms with Crippen LogP contribution in [0.2, 0.25) is 0 Å². The van der Waals surface area contributed by atoms with Crippen molar-refractivity contribution < 1.29 is 24.1 Å². The fourth-order valence-corrected chi connectivity index (χ4v) is 4.01. The number of carboxylic acid groups (broad SMARTS) is 1. The first-order valence-electron chi connectivity index (χ1n) is 11.0. The molecule has 0 atom stereocenters. The number of aliphatic carboxylic acids is 1. The van der Waals surface area contributed by atoms with Crippen molar-refractivity contribution in [3.8, 4) is 28.7 Å². The number of hydrogen-bond donors (Lipinski definition) is 3. The second-order valence-corrected chi connectivity index (χ2v) is 8.07. The summed E-state index contributed by atoms with van der Waals surface area (Å²) in [6.07, 6.45) is 0. The number of aromatic nitrogens is 3. The van der Waals surface area contributed by atoms with Crippen molar-refractivity contribution in [1.29, 1.82) is 0 Å². The van der Waals surface area contributed by atoms with Gasteiger partial charge in [-0.2, -0.15) is 5.10 Å². The number of para-hydroxylation sites is 1. The highest BCUT2D eigenvalue weighted by atomic mass is 16.5. The van der Waals surface area contributed by atoms with Gasteiger partial charge in [-0.25, -0.2) is 9.48 Å². The van der Waals surface area contributed by atoms with Gasteiger partial charge in [-0.05, 0) is 42.8 Å². The van der Waals surface area contributed by atoms with Crippen LogP contribution < -0.4 is 25.5 Å². The number of ether oxygens (including phenoxy) is 3. The lowest BCUT2D eigenvalue weighted by molar-refractivity contribution is -0.139. The number of carboxylic acids is 1. The van der Waals surface area contributed by atoms with Gasteiger partial charge in [0.25, 0.3) is 5.56 Å². The van der Waals surface area contributed by atoms with Crippen LogP contribution in [0.25, 0.3) is 27.5 Å². The number of nitrogen functional groups attached to an aromatic ring is 1. The smallest absolute Gasteiger partial charge is 0.341 e. The number of anilines is 1. The Morgan fingerprint density at radius 2 is 1.86 bits per heavy atom. The standard InChI is InChI=1S/C26H22N4O6/c1-14-10-21(36-15-6-4-3-5-7-15)20(34-2)12-19(14)30-25(27)23-24(29-30)17-9-8-16(35-13-22(31)32)11-18(17)28-26(23)33/h3-12H,13,27H2,1-2H3,(H,28,33)(H,31,32). The van der Waals surface area contributed by atoms with Crippen LogP contribution in [-0.4, -0.2) is 39.6 Å². The van der Waals surface area contributed by atoms with E-state index in [1.165, 1.54) is 11.8 Å². The predicted molar refractivity (Wildman–Crippen MR) is 135 cm³/mol. The molecule has 0 radical (unpaired) electrons. The van der Waals surface area contributed by atoms with Gasteiger partial charge >= 0.3 is 5.97 Å². The molecule has 0 bridgehead atoms. The fraction of sp³-hybridized carbons (Fsp3) is 0.115. The van der Waals surface area contributed by atoms with Crippen LogP contribution in [0.3, 0.4) is 0 Å². The lowest BCUT2D eigenvalue weighted by atomic mass is 10.1. The van der Waals surface area contributed by atoms with Crippen LogP contribution in [0.5, 0.6) is 23.0 Å². The largest absolute Gasteiger partial charge is 0.493 e. The third kappa shape index (κ3) is 4.05. The molecule has 0 aliphatic heterocycles. The SMILES string of the molecule is COc1cc(-n2nc3c(c2N)c(=O)[nH]c2cc(OCC(=O)O)ccc23)c(C)cc1Oc1ccccc1. The zero-order chi connectivity index (χ0) is 25.4. The van der Waals surface area contributed by atoms with Crippen LogP contribution in [-0.2, 0) is 4.79 Å². The first-order valence-corrected chi connectivity index (χ1v) is 11.0. The molecule has 2 aromatic heterocycles. The number of nitrogens with two attached hydrogens (primary N) is 1. The molecule has 0 saturated carbocycles. The number of carbonyl (C=O) groups is 1. The topological polar surface area (TPSA) is 142 Å². The van der Waals surface area contributed by atoms with E-state index in [1.807, 2.05) is 43.3 Å². The van der Waals surface area contributed by atoms with Crippen molar-refractivity contribution in [2.45, 2.75) is 6.92 Å². The van der Waals surface area contributed by atoms with E-state index in [9.17, 15) is 9.59 Å². The second kappa shape index (κ2) is 8.99. The van der Waals surface area contributed by atoms with Crippen molar-refractivity contribution in [2.75, 3.05) is 19.5 Å². The van der Waals surface area contributed by atoms with E-state index in [0.29, 0.717) is 45.1 Å². The minimum absolute atomic E-state index is 0.168. The van der Waals surface area contributed by atoms with Gasteiger partial charge < -0.3 is 30.0 Å². The minimum Gasteiger partial charge on any atom is -0.493 e. The molecule has 36 heavy (non-hydrogen) atoms. The van der Waals surface area contributed by atoms with Gasteiger partial charge in [-0.15, -0.1) is 0 Å². The summed E-state index contributed by atoms with van der Waals surface area (Å²) in [6.45, 7) is 1.39. The molecule has 5 aromatic rings. The van der Waals surface area contributed by atoms with E-state index in [2.05, 4.69) is 10.1 Å². The summed E-state index contributed by atoms with van der Waals surface area (Å²) in [7, 11) is 1.54. The summed E-state index contributed by atoms with van der Waals surface area (Å²) in [6, 6.07) is 17.8. The quantitative estimate of drug-likeness (QED) is 0.313. The Hall–Kier alpha value is -4.99. The maximum atomic E-state index is 12.9. The third-order valence-corrected chi connectivity index (χ3v) is 5.69. The van der Waals surface area contributed by atoms with Crippen molar-refractivity contribution in [3.63, 3.8) is 0 Å². The molecular formula is C26H22N4O6. The molecule has 0 amide bonds. The molecular weight excluding hydrogens is 464 g/mol. The van der Waals surface area contributed by atoms with Crippen LogP contribution in [0.15, 0.2) is 65.5 Å². The van der Waals surface area contributed by atoms with Gasteiger partial charge in [0.1, 0.15) is 28.2 Å². The normalized spacial score (nSPS) is 11.1. The molecule has 10 nitrogen and oxygen atoms in total. The average Bonchev–Trinajstić information content (AvgIpc) is 3.21. The highest BCUT2D eigenvalue weighted by Gasteiger charge is 2.20. The summed E-state index contributed by atoms with van der Waals surface area (Å²) in [5, 5.41) is 14.4. The van der Waals surface area contributed by atoms with Crippen LogP contribution in [0, 0.1) is 6.92 Å². The van der Waals surface area contributed by atoms with Gasteiger partial charge in [0, 0.05) is 17.5 Å². The zero-order valence-electron chi connectivity index (χ0n) is 19.4. The Morgan fingerprint density at radius 3 is 2.58 bits per heavy atom. The molecule has 5 rings (SSSR count). The lowest BCUT2D eigenvalue weighted by Crippen LogP contribution is -2.10. The van der Waals surface area contributed by atoms with Crippen molar-refractivity contribution in [2.24, 2.45) is 0 Å². The zero-order valence-corrected chi connectivity index (χ0v) is 19.4. The molecule has 10 heteroatoms. The molecule has 0 aliphatic carbocycles. The Morgan fingerprint density at radius 1 is 1.08 bits per heavy atom. The first-order chi connectivity index (χ1) is 17.4. The number of rotatable bonds is 7. The molecule has 3 aromatic carbocycles. The van der Waals surface area contributed by atoms with Crippen molar-refractivity contribution >= 4 is 33.6 Å². The van der Waals surface area contributed by atoms with Crippen molar-refractivity contribution in [3.05, 3.63) is 76.6 Å². The van der Waals surface area contributed by atoms with Crippen LogP contribution in [0.4, 0.5) is 5.82 Å². The molecule has 0 aliphatic rings. The summed E-state index contributed by atoms with van der Waals surface area (Å²) in [5.41, 5.74) is 8.25. The summed E-state index contributed by atoms with van der Waals surface area (Å²) in [4.78, 5) is 26.5. The second-order valence-electron chi connectivity index (χ2n) is 8.07. The Labute approximate surface area is 204 Å². The Kier molecular flexibility index (Phi) is 5.69. The molecule has 0 fully saturated rings. The Balaban J connectivity index is 1.62. The summed E-state index contributed by atoms with van der Waals surface area (Å²) >= 11 is 0. The molecule has 2 heterocycles. The number of nitrogens with zero attached hydrogens (tertiary/aromatic N) is 2. The van der Waals surface area contributed by atoms with Crippen LogP contribution >= 0.6 is 0 Å². The maximum absolute atomic E-state index is 12.9. The van der Waals surface area contributed by atoms with Gasteiger partial charge in [-0.3, -0.25) is 4.79 Å². The highest BCUT2D eigenvalue weighted by molar-refractivity contribution is 6.07. The third-order valence-electron chi connectivity index (χ3n) is 5.69. The molecule has 182 valence electrons. The molecule has 0 unspecified atom stereocenters. The van der Waals surface area contributed by atoms with Crippen molar-refractivity contribution in [1.82, 2.24) is 14.8 Å². The fourth-order valence-electron chi connectivity index (χ4n) is 4.01. The number of fused-ring (bicyclic) bond motifs is 3. The van der Waals surface area contributed by atoms with Crippen LogP contribution in [0.1, 0.15) is 5.56 Å². The van der Waals surface area contributed by atoms with E-state index in [1.54, 1.807) is 24.3 Å².